The number of rotatable bonds is 3. The van der Waals surface area contributed by atoms with Crippen LogP contribution in [0.3, 0.4) is 0 Å². The number of hydrogen-bond donors (Lipinski definition) is 0. The number of nitrogens with zero attached hydrogens (tertiary/aromatic N) is 3. The van der Waals surface area contributed by atoms with E-state index in [4.69, 9.17) is 10.7 Å². The monoisotopic (exact) mass is 287 g/mol. The van der Waals surface area contributed by atoms with E-state index >= 15 is 0 Å². The lowest BCUT2D eigenvalue weighted by Crippen LogP contribution is -2.23. The molecule has 10 heteroatoms. The average molecular weight is 288 g/mol. The Labute approximate surface area is 98.1 Å². The molecule has 0 aliphatic rings. The van der Waals surface area contributed by atoms with Gasteiger partial charge in [-0.15, -0.1) is 0 Å². The van der Waals surface area contributed by atoms with Crippen molar-refractivity contribution < 1.29 is 16.8 Å². The highest BCUT2D eigenvalue weighted by Gasteiger charge is 2.31. The van der Waals surface area contributed by atoms with Crippen LogP contribution in [0.4, 0.5) is 0 Å². The molecule has 92 valence electrons. The Balaban J connectivity index is 3.63. The van der Waals surface area contributed by atoms with Gasteiger partial charge in [0, 0.05) is 31.8 Å². The van der Waals surface area contributed by atoms with Crippen LogP contribution in [0.1, 0.15) is 0 Å². The Kier molecular flexibility index (Phi) is 3.34. The van der Waals surface area contributed by atoms with Crippen LogP contribution in [-0.4, -0.2) is 45.0 Å². The highest BCUT2D eigenvalue weighted by molar-refractivity contribution is 8.14. The third-order valence-electron chi connectivity index (χ3n) is 1.84. The van der Waals surface area contributed by atoms with Gasteiger partial charge in [-0.05, 0) is 0 Å². The molecule has 16 heavy (non-hydrogen) atoms. The molecule has 1 heterocycles. The number of halogens is 1. The second-order valence-corrected chi connectivity index (χ2v) is 7.76. The first-order valence-electron chi connectivity index (χ1n) is 3.97. The van der Waals surface area contributed by atoms with E-state index in [9.17, 15) is 16.8 Å². The summed E-state index contributed by atoms with van der Waals surface area (Å²) in [4.78, 5) is -0.435. The first-order chi connectivity index (χ1) is 7.08. The predicted molar refractivity (Wildman–Crippen MR) is 57.1 cm³/mol. The maximum absolute atomic E-state index is 11.8. The minimum atomic E-state index is -4.17. The lowest BCUT2D eigenvalue weighted by atomic mass is 10.7. The summed E-state index contributed by atoms with van der Waals surface area (Å²) in [5.41, 5.74) is 0. The summed E-state index contributed by atoms with van der Waals surface area (Å²) in [5.74, 6) is 0. The van der Waals surface area contributed by atoms with Crippen LogP contribution in [0.15, 0.2) is 16.1 Å². The van der Waals surface area contributed by atoms with Crippen molar-refractivity contribution in [3.8, 4) is 0 Å². The third kappa shape index (κ3) is 2.21. The van der Waals surface area contributed by atoms with Gasteiger partial charge in [0.05, 0.1) is 6.20 Å². The van der Waals surface area contributed by atoms with Crippen molar-refractivity contribution in [2.45, 2.75) is 9.92 Å². The van der Waals surface area contributed by atoms with Crippen LogP contribution in [0.2, 0.25) is 0 Å². The molecule has 7 nitrogen and oxygen atoms in total. The number of sulfonamides is 1. The van der Waals surface area contributed by atoms with E-state index in [0.717, 1.165) is 15.2 Å². The van der Waals surface area contributed by atoms with Gasteiger partial charge in [0.1, 0.15) is 4.90 Å². The smallest absolute Gasteiger partial charge is 0.255 e. The lowest BCUT2D eigenvalue weighted by molar-refractivity contribution is 0.515. The molecule has 0 aliphatic carbocycles. The molecule has 0 aromatic carbocycles. The Hall–Kier alpha value is -0.640. The summed E-state index contributed by atoms with van der Waals surface area (Å²) >= 11 is 0. The van der Waals surface area contributed by atoms with E-state index in [0.29, 0.717) is 0 Å². The van der Waals surface area contributed by atoms with E-state index in [1.807, 2.05) is 0 Å². The molecule has 1 aromatic rings. The fourth-order valence-electron chi connectivity index (χ4n) is 1.06. The second kappa shape index (κ2) is 3.99. The molecule has 1 aromatic heterocycles. The number of aromatic nitrogens is 2. The lowest BCUT2D eigenvalue weighted by Gasteiger charge is -2.10. The molecule has 0 saturated heterocycles. The maximum atomic E-state index is 11.8. The Morgan fingerprint density at radius 1 is 1.31 bits per heavy atom. The Morgan fingerprint density at radius 2 is 1.81 bits per heavy atom. The molecule has 0 aliphatic heterocycles. The summed E-state index contributed by atoms with van der Waals surface area (Å²) < 4.78 is 47.8. The van der Waals surface area contributed by atoms with E-state index in [-0.39, 0.29) is 0 Å². The molecule has 0 spiro atoms. The van der Waals surface area contributed by atoms with E-state index < -0.39 is 29.0 Å². The second-order valence-electron chi connectivity index (χ2n) is 3.16. The van der Waals surface area contributed by atoms with Crippen LogP contribution in [-0.2, 0) is 26.1 Å². The fraction of sp³-hybridized carbons (Fsp3) is 0.500. The largest absolute Gasteiger partial charge is 0.279 e. The van der Waals surface area contributed by atoms with Gasteiger partial charge in [0.2, 0.25) is 10.0 Å². The molecule has 0 radical (unpaired) electrons. The van der Waals surface area contributed by atoms with Crippen molar-refractivity contribution >= 4 is 29.8 Å². The van der Waals surface area contributed by atoms with Crippen LogP contribution in [0, 0.1) is 0 Å². The first kappa shape index (κ1) is 13.4. The number of hydrogen-bond acceptors (Lipinski definition) is 5. The van der Waals surface area contributed by atoms with Crippen molar-refractivity contribution in [2.24, 2.45) is 7.05 Å². The summed E-state index contributed by atoms with van der Waals surface area (Å²) in [6.45, 7) is 0. The highest BCUT2D eigenvalue weighted by Crippen LogP contribution is 2.24. The zero-order chi connectivity index (χ0) is 12.7. The van der Waals surface area contributed by atoms with Crippen molar-refractivity contribution in [2.75, 3.05) is 14.1 Å². The molecule has 0 atom stereocenters. The van der Waals surface area contributed by atoms with Crippen molar-refractivity contribution in [3.63, 3.8) is 0 Å². The highest BCUT2D eigenvalue weighted by atomic mass is 35.7. The number of aryl methyl sites for hydroxylation is 1. The van der Waals surface area contributed by atoms with Gasteiger partial charge in [0.25, 0.3) is 9.05 Å². The molecule has 0 N–H and O–H groups in total. The summed E-state index contributed by atoms with van der Waals surface area (Å²) in [6, 6.07) is 0. The molecule has 0 unspecified atom stereocenters. The molecule has 0 fully saturated rings. The summed E-state index contributed by atoms with van der Waals surface area (Å²) in [6.07, 6.45) is 0.949. The third-order valence-corrected chi connectivity index (χ3v) is 5.17. The Bertz CT molecular complexity index is 602. The van der Waals surface area contributed by atoms with Crippen LogP contribution < -0.4 is 0 Å². The van der Waals surface area contributed by atoms with Gasteiger partial charge in [-0.1, -0.05) is 0 Å². The zero-order valence-corrected chi connectivity index (χ0v) is 11.1. The van der Waals surface area contributed by atoms with Gasteiger partial charge in [0.15, 0.2) is 5.03 Å². The minimum Gasteiger partial charge on any atom is -0.255 e. The fourth-order valence-corrected chi connectivity index (χ4v) is 3.97. The SMILES string of the molecule is CN(C)S(=O)(=O)c1cnn(C)c1S(=O)(=O)Cl. The summed E-state index contributed by atoms with van der Waals surface area (Å²) in [5, 5.41) is 3.04. The normalized spacial score (nSPS) is 13.3. The molecule has 0 amide bonds. The van der Waals surface area contributed by atoms with Gasteiger partial charge in [-0.25, -0.2) is 21.1 Å². The van der Waals surface area contributed by atoms with E-state index in [1.165, 1.54) is 21.1 Å². The van der Waals surface area contributed by atoms with E-state index in [1.54, 1.807) is 0 Å². The molecule has 0 saturated carbocycles. The molecule has 1 rings (SSSR count). The maximum Gasteiger partial charge on any atom is 0.279 e. The summed E-state index contributed by atoms with van der Waals surface area (Å²) in [7, 11) is 0.960. The van der Waals surface area contributed by atoms with E-state index in [2.05, 4.69) is 5.10 Å². The first-order valence-corrected chi connectivity index (χ1v) is 7.72. The average Bonchev–Trinajstić information content (AvgIpc) is 2.46. The van der Waals surface area contributed by atoms with Gasteiger partial charge in [-0.2, -0.15) is 5.10 Å². The van der Waals surface area contributed by atoms with Crippen LogP contribution in [0.25, 0.3) is 0 Å². The van der Waals surface area contributed by atoms with Crippen LogP contribution in [0.5, 0.6) is 0 Å². The zero-order valence-electron chi connectivity index (χ0n) is 8.75. The van der Waals surface area contributed by atoms with Crippen molar-refractivity contribution in [1.82, 2.24) is 14.1 Å². The van der Waals surface area contributed by atoms with Gasteiger partial charge < -0.3 is 0 Å². The molecular formula is C6H10ClN3O4S2. The van der Waals surface area contributed by atoms with Gasteiger partial charge in [-0.3, -0.25) is 4.68 Å². The van der Waals surface area contributed by atoms with Crippen LogP contribution >= 0.6 is 10.7 Å². The minimum absolute atomic E-state index is 0.435. The van der Waals surface area contributed by atoms with Crippen molar-refractivity contribution in [3.05, 3.63) is 6.20 Å². The topological polar surface area (TPSA) is 89.3 Å². The quantitative estimate of drug-likeness (QED) is 0.706. The van der Waals surface area contributed by atoms with Gasteiger partial charge >= 0.3 is 0 Å². The Morgan fingerprint density at radius 3 is 2.19 bits per heavy atom. The standard InChI is InChI=1S/C6H10ClN3O4S2/c1-9(2)16(13,14)5-4-8-10(3)6(5)15(7,11)12/h4H,1-3H3. The molecule has 0 bridgehead atoms. The van der Waals surface area contributed by atoms with Crippen molar-refractivity contribution in [1.29, 1.82) is 0 Å². The molecular weight excluding hydrogens is 278 g/mol. The predicted octanol–water partition coefficient (Wildman–Crippen LogP) is -0.402.